The summed E-state index contributed by atoms with van der Waals surface area (Å²) >= 11 is 1.16. The summed E-state index contributed by atoms with van der Waals surface area (Å²) in [6.45, 7) is 2.15. The third kappa shape index (κ3) is 4.65. The minimum absolute atomic E-state index is 0.0158. The fourth-order valence-electron chi connectivity index (χ4n) is 6.02. The molecule has 0 aliphatic heterocycles. The average Bonchev–Trinajstić information content (AvgIpc) is 3.65. The lowest BCUT2D eigenvalue weighted by Gasteiger charge is -2.30. The molecule has 2 aliphatic carbocycles. The second-order valence-corrected chi connectivity index (χ2v) is 11.2. The van der Waals surface area contributed by atoms with Gasteiger partial charge in [-0.3, -0.25) is 23.3 Å². The Kier molecular flexibility index (Phi) is 7.17. The van der Waals surface area contributed by atoms with E-state index in [1.165, 1.54) is 39.4 Å². The van der Waals surface area contributed by atoms with E-state index >= 15 is 0 Å². The van der Waals surface area contributed by atoms with Crippen molar-refractivity contribution in [2.24, 2.45) is 31.8 Å². The first-order chi connectivity index (χ1) is 18.2. The molecule has 2 fully saturated rings. The number of Topliss-reactive ketones (excluding diaryl/α,β-unsaturated/α-hetero) is 1. The number of hydrogen-bond acceptors (Lipinski definition) is 8. The van der Waals surface area contributed by atoms with Crippen LogP contribution in [0.3, 0.4) is 0 Å². The number of rotatable bonds is 9. The number of para-hydroxylation sites is 1. The van der Waals surface area contributed by atoms with E-state index in [0.717, 1.165) is 33.2 Å². The third-order valence-electron chi connectivity index (χ3n) is 8.07. The highest BCUT2D eigenvalue weighted by Crippen LogP contribution is 2.52. The molecule has 5 rings (SSSR count). The van der Waals surface area contributed by atoms with Gasteiger partial charge in [0.15, 0.2) is 28.3 Å². The maximum absolute atomic E-state index is 14.2. The highest BCUT2D eigenvalue weighted by atomic mass is 32.2. The van der Waals surface area contributed by atoms with Crippen LogP contribution in [0.5, 0.6) is 5.75 Å². The van der Waals surface area contributed by atoms with Crippen molar-refractivity contribution in [3.63, 3.8) is 0 Å². The Hall–Kier alpha value is -3.41. The van der Waals surface area contributed by atoms with Gasteiger partial charge in [-0.1, -0.05) is 30.3 Å². The molecule has 4 atom stereocenters. The van der Waals surface area contributed by atoms with E-state index in [1.54, 1.807) is 18.2 Å². The Labute approximate surface area is 223 Å². The molecular weight excluding hydrogens is 511 g/mol. The number of carbonyl (C=O) groups is 1. The largest absolute Gasteiger partial charge is 0.483 e. The molecule has 10 nitrogen and oxygen atoms in total. The van der Waals surface area contributed by atoms with Gasteiger partial charge in [0.2, 0.25) is 0 Å². The summed E-state index contributed by atoms with van der Waals surface area (Å²) in [7, 11) is 2.72. The van der Waals surface area contributed by atoms with E-state index in [-0.39, 0.29) is 35.5 Å². The Morgan fingerprint density at radius 3 is 2.63 bits per heavy atom. The number of anilines is 1. The smallest absolute Gasteiger partial charge is 0.332 e. The Morgan fingerprint density at radius 2 is 1.95 bits per heavy atom. The molecule has 0 unspecified atom stereocenters. The van der Waals surface area contributed by atoms with Crippen LogP contribution in [0.2, 0.25) is 0 Å². The van der Waals surface area contributed by atoms with E-state index in [1.807, 2.05) is 4.57 Å². The molecule has 2 N–H and O–H groups in total. The van der Waals surface area contributed by atoms with Gasteiger partial charge in [-0.15, -0.1) is 10.2 Å². The molecule has 38 heavy (non-hydrogen) atoms. The number of nitrogen functional groups attached to an aromatic ring is 1. The van der Waals surface area contributed by atoms with Gasteiger partial charge in [-0.05, 0) is 56.1 Å². The minimum Gasteiger partial charge on any atom is -0.483 e. The topological polar surface area (TPSA) is 127 Å². The molecule has 12 heteroatoms. The summed E-state index contributed by atoms with van der Waals surface area (Å²) in [5.74, 6) is 1.22. The van der Waals surface area contributed by atoms with Gasteiger partial charge in [-0.2, -0.15) is 0 Å². The first kappa shape index (κ1) is 26.2. The SMILES string of the molecule is C[C@H]([C@H]1C[C@H]2CC[C@H]1C2)n1c(COc2ccccc2F)nnc1SCC(=O)c1c(N)n(C)c(=O)n(C)c1=O. The molecule has 1 aromatic carbocycles. The third-order valence-corrected chi connectivity index (χ3v) is 9.01. The number of aromatic nitrogens is 5. The van der Waals surface area contributed by atoms with Crippen molar-refractivity contribution in [1.82, 2.24) is 23.9 Å². The van der Waals surface area contributed by atoms with Crippen molar-refractivity contribution < 1.29 is 13.9 Å². The van der Waals surface area contributed by atoms with Crippen LogP contribution in [0.25, 0.3) is 0 Å². The molecule has 0 radical (unpaired) electrons. The first-order valence-electron chi connectivity index (χ1n) is 12.7. The lowest BCUT2D eigenvalue weighted by atomic mass is 9.84. The molecule has 2 saturated carbocycles. The van der Waals surface area contributed by atoms with Gasteiger partial charge >= 0.3 is 5.69 Å². The van der Waals surface area contributed by atoms with Gasteiger partial charge in [0.25, 0.3) is 5.56 Å². The Bertz CT molecular complexity index is 1500. The summed E-state index contributed by atoms with van der Waals surface area (Å²) < 4.78 is 23.8. The van der Waals surface area contributed by atoms with Gasteiger partial charge < -0.3 is 10.5 Å². The van der Waals surface area contributed by atoms with Crippen LogP contribution in [0.15, 0.2) is 39.0 Å². The fourth-order valence-corrected chi connectivity index (χ4v) is 6.93. The van der Waals surface area contributed by atoms with E-state index in [2.05, 4.69) is 17.1 Å². The predicted octanol–water partition coefficient (Wildman–Crippen LogP) is 2.95. The molecule has 3 aromatic rings. The van der Waals surface area contributed by atoms with Crippen molar-refractivity contribution in [2.45, 2.75) is 50.4 Å². The summed E-state index contributed by atoms with van der Waals surface area (Å²) in [4.78, 5) is 37.9. The second kappa shape index (κ2) is 10.4. The Morgan fingerprint density at radius 1 is 1.18 bits per heavy atom. The summed E-state index contributed by atoms with van der Waals surface area (Å²) in [6.07, 6.45) is 4.84. The van der Waals surface area contributed by atoms with E-state index in [0.29, 0.717) is 22.8 Å². The number of halogens is 1. The van der Waals surface area contributed by atoms with E-state index in [9.17, 15) is 18.8 Å². The van der Waals surface area contributed by atoms with Crippen molar-refractivity contribution in [1.29, 1.82) is 0 Å². The summed E-state index contributed by atoms with van der Waals surface area (Å²) in [5, 5.41) is 9.20. The van der Waals surface area contributed by atoms with E-state index in [4.69, 9.17) is 10.5 Å². The quantitative estimate of drug-likeness (QED) is 0.323. The normalized spacial score (nSPS) is 21.1. The number of carbonyl (C=O) groups excluding carboxylic acids is 1. The average molecular weight is 543 g/mol. The molecule has 0 amide bonds. The highest BCUT2D eigenvalue weighted by Gasteiger charge is 2.43. The van der Waals surface area contributed by atoms with E-state index < -0.39 is 22.8 Å². The van der Waals surface area contributed by atoms with Crippen LogP contribution in [-0.4, -0.2) is 35.4 Å². The zero-order valence-corrected chi connectivity index (χ0v) is 22.4. The van der Waals surface area contributed by atoms with Gasteiger partial charge in [0, 0.05) is 20.1 Å². The molecule has 202 valence electrons. The molecular formula is C26H31FN6O4S. The standard InChI is InChI=1S/C26H31FN6O4S/c1-14(17-11-15-8-9-16(17)10-15)33-21(12-37-20-7-5-4-6-18(20)27)29-30-25(33)38-13-19(34)22-23(28)31(2)26(36)32(3)24(22)35/h4-7,14-17H,8-13,28H2,1-3H3/t14-,15+,16+,17-/m1/s1. The lowest BCUT2D eigenvalue weighted by Crippen LogP contribution is -2.41. The monoisotopic (exact) mass is 542 g/mol. The second-order valence-electron chi connectivity index (χ2n) is 10.2. The van der Waals surface area contributed by atoms with Crippen LogP contribution in [0.1, 0.15) is 54.8 Å². The first-order valence-corrected chi connectivity index (χ1v) is 13.7. The summed E-state index contributed by atoms with van der Waals surface area (Å²) in [5.41, 5.74) is 4.41. The number of ketones is 1. The fraction of sp³-hybridized carbons (Fsp3) is 0.500. The van der Waals surface area contributed by atoms with Crippen LogP contribution in [-0.2, 0) is 20.7 Å². The summed E-state index contributed by atoms with van der Waals surface area (Å²) in [6, 6.07) is 6.23. The molecule has 2 heterocycles. The van der Waals surface area contributed by atoms with Gasteiger partial charge in [0.05, 0.1) is 5.75 Å². The molecule has 0 saturated heterocycles. The van der Waals surface area contributed by atoms with Crippen molar-refractivity contribution >= 4 is 23.4 Å². The number of fused-ring (bicyclic) bond motifs is 2. The van der Waals surface area contributed by atoms with Gasteiger partial charge in [0.1, 0.15) is 18.0 Å². The zero-order chi connectivity index (χ0) is 27.1. The van der Waals surface area contributed by atoms with Crippen LogP contribution < -0.4 is 21.7 Å². The van der Waals surface area contributed by atoms with Crippen LogP contribution in [0.4, 0.5) is 10.2 Å². The number of nitrogens with zero attached hydrogens (tertiary/aromatic N) is 5. The molecule has 2 aromatic heterocycles. The molecule has 2 aliphatic rings. The Balaban J connectivity index is 1.41. The molecule has 2 bridgehead atoms. The minimum atomic E-state index is -0.730. The highest BCUT2D eigenvalue weighted by molar-refractivity contribution is 7.99. The van der Waals surface area contributed by atoms with Gasteiger partial charge in [-0.25, -0.2) is 9.18 Å². The molecule has 0 spiro atoms. The maximum atomic E-state index is 14.2. The van der Waals surface area contributed by atoms with Crippen molar-refractivity contribution in [2.75, 3.05) is 11.5 Å². The van der Waals surface area contributed by atoms with Crippen molar-refractivity contribution in [3.8, 4) is 5.75 Å². The maximum Gasteiger partial charge on any atom is 0.332 e. The van der Waals surface area contributed by atoms with Crippen LogP contribution in [0, 0.1) is 23.6 Å². The number of nitrogens with two attached hydrogens (primary N) is 1. The number of benzene rings is 1. The van der Waals surface area contributed by atoms with Crippen molar-refractivity contribution in [3.05, 3.63) is 62.3 Å². The zero-order valence-electron chi connectivity index (χ0n) is 21.6. The van der Waals surface area contributed by atoms with Crippen LogP contribution >= 0.6 is 11.8 Å². The number of hydrogen-bond donors (Lipinski definition) is 1. The number of ether oxygens (including phenoxy) is 1. The lowest BCUT2D eigenvalue weighted by molar-refractivity contribution is 0.102. The predicted molar refractivity (Wildman–Crippen MR) is 141 cm³/mol. The number of thioether (sulfide) groups is 1.